The molecule has 0 saturated heterocycles. The summed E-state index contributed by atoms with van der Waals surface area (Å²) in [6, 6.07) is 16.6. The molecule has 7 nitrogen and oxygen atoms in total. The molecule has 0 amide bonds. The van der Waals surface area contributed by atoms with Crippen molar-refractivity contribution in [2.24, 2.45) is 10.7 Å². The van der Waals surface area contributed by atoms with Gasteiger partial charge in [-0.2, -0.15) is 0 Å². The molecule has 7 heteroatoms. The van der Waals surface area contributed by atoms with Gasteiger partial charge in [0.1, 0.15) is 17.6 Å². The molecule has 1 atom stereocenters. The number of nitrogens with zero attached hydrogens (tertiary/aromatic N) is 2. The molecule has 1 unspecified atom stereocenters. The zero-order chi connectivity index (χ0) is 19.9. The van der Waals surface area contributed by atoms with E-state index in [0.29, 0.717) is 22.5 Å². The lowest BCUT2D eigenvalue weighted by Crippen LogP contribution is -2.24. The summed E-state index contributed by atoms with van der Waals surface area (Å²) in [7, 11) is 0. The van der Waals surface area contributed by atoms with Crippen molar-refractivity contribution >= 4 is 17.4 Å². The third kappa shape index (κ3) is 4.44. The van der Waals surface area contributed by atoms with Crippen LogP contribution < -0.4 is 11.1 Å². The Morgan fingerprint density at radius 3 is 2.71 bits per heavy atom. The highest BCUT2D eigenvalue weighted by Crippen LogP contribution is 2.29. The molecule has 144 valence electrons. The number of aromatic nitrogens is 1. The first-order valence-corrected chi connectivity index (χ1v) is 8.92. The zero-order valence-corrected chi connectivity index (χ0v) is 15.5. The fourth-order valence-corrected chi connectivity index (χ4v) is 2.86. The number of nitrogens with one attached hydrogen (secondary N) is 1. The number of rotatable bonds is 7. The third-order valence-electron chi connectivity index (χ3n) is 4.34. The fraction of sp³-hybridized carbons (Fsp3) is 0.190. The van der Waals surface area contributed by atoms with Gasteiger partial charge in [0.25, 0.3) is 0 Å². The van der Waals surface area contributed by atoms with Crippen LogP contribution in [0.25, 0.3) is 0 Å². The Hall–Kier alpha value is -3.45. The Labute approximate surface area is 162 Å². The number of aliphatic hydroxyl groups is 1. The average Bonchev–Trinajstić information content (AvgIpc) is 3.19. The van der Waals surface area contributed by atoms with Crippen molar-refractivity contribution in [1.29, 1.82) is 0 Å². The van der Waals surface area contributed by atoms with Gasteiger partial charge in [-0.3, -0.25) is 9.79 Å². The van der Waals surface area contributed by atoms with E-state index in [4.69, 9.17) is 15.4 Å². The van der Waals surface area contributed by atoms with Gasteiger partial charge in [-0.1, -0.05) is 60.6 Å². The van der Waals surface area contributed by atoms with Crippen molar-refractivity contribution in [2.45, 2.75) is 12.8 Å². The van der Waals surface area contributed by atoms with Gasteiger partial charge in [0.2, 0.25) is 0 Å². The van der Waals surface area contributed by atoms with Crippen LogP contribution in [0.1, 0.15) is 40.0 Å². The minimum Gasteiger partial charge on any atom is -0.394 e. The fourth-order valence-electron chi connectivity index (χ4n) is 2.86. The second kappa shape index (κ2) is 8.96. The largest absolute Gasteiger partial charge is 0.394 e. The second-order valence-electron chi connectivity index (χ2n) is 6.27. The molecule has 0 fully saturated rings. The average molecular weight is 378 g/mol. The maximum atomic E-state index is 12.7. The first-order valence-electron chi connectivity index (χ1n) is 8.92. The number of carbonyl (C=O) groups excluding carboxylic acids is 1. The standard InChI is InChI=1S/C21H22N4O3/c1-14(19-18(13-28-25-19)24-21(22)23-10-11-26)16-8-5-9-17(12-16)20(27)15-6-3-2-4-7-15/h2-9,12-14,26H,10-11H2,1H3,(H3,22,23,24). The molecule has 0 radical (unpaired) electrons. The van der Waals surface area contributed by atoms with Gasteiger partial charge in [-0.05, 0) is 11.6 Å². The van der Waals surface area contributed by atoms with Crippen molar-refractivity contribution in [3.8, 4) is 0 Å². The van der Waals surface area contributed by atoms with E-state index in [1.807, 2.05) is 43.3 Å². The molecular weight excluding hydrogens is 356 g/mol. The Morgan fingerprint density at radius 1 is 1.21 bits per heavy atom. The number of carbonyl (C=O) groups is 1. The predicted molar refractivity (Wildman–Crippen MR) is 108 cm³/mol. The van der Waals surface area contributed by atoms with Crippen LogP contribution in [0.4, 0.5) is 5.69 Å². The summed E-state index contributed by atoms with van der Waals surface area (Å²) in [6.45, 7) is 2.09. The Bertz CT molecular complexity index is 967. The van der Waals surface area contributed by atoms with Crippen LogP contribution in [0.5, 0.6) is 0 Å². The minimum absolute atomic E-state index is 0.0338. The van der Waals surface area contributed by atoms with Gasteiger partial charge in [0, 0.05) is 17.0 Å². The molecule has 0 aliphatic rings. The smallest absolute Gasteiger partial charge is 0.193 e. The Balaban J connectivity index is 1.83. The molecule has 3 aromatic rings. The number of aliphatic hydroxyl groups excluding tert-OH is 1. The van der Waals surface area contributed by atoms with E-state index >= 15 is 0 Å². The van der Waals surface area contributed by atoms with Crippen LogP contribution in [0.3, 0.4) is 0 Å². The lowest BCUT2D eigenvalue weighted by atomic mass is 9.93. The molecule has 0 spiro atoms. The number of aliphatic imine (C=N–C) groups is 1. The Morgan fingerprint density at radius 2 is 1.96 bits per heavy atom. The molecule has 4 N–H and O–H groups in total. The minimum atomic E-state index is -0.143. The highest BCUT2D eigenvalue weighted by molar-refractivity contribution is 6.09. The van der Waals surface area contributed by atoms with Crippen molar-refractivity contribution in [3.63, 3.8) is 0 Å². The summed E-state index contributed by atoms with van der Waals surface area (Å²) in [6.07, 6.45) is 1.45. The van der Waals surface area contributed by atoms with Crippen molar-refractivity contribution in [1.82, 2.24) is 5.16 Å². The molecule has 0 saturated carbocycles. The number of ketones is 1. The molecule has 0 bridgehead atoms. The summed E-state index contributed by atoms with van der Waals surface area (Å²) in [4.78, 5) is 16.7. The highest BCUT2D eigenvalue weighted by Gasteiger charge is 2.19. The predicted octanol–water partition coefficient (Wildman–Crippen LogP) is 2.78. The Kier molecular flexibility index (Phi) is 6.18. The van der Waals surface area contributed by atoms with Crippen molar-refractivity contribution < 1.29 is 14.4 Å². The van der Waals surface area contributed by atoms with Gasteiger partial charge in [0.15, 0.2) is 11.7 Å². The van der Waals surface area contributed by atoms with Crippen molar-refractivity contribution in [3.05, 3.63) is 83.2 Å². The van der Waals surface area contributed by atoms with E-state index in [9.17, 15) is 4.79 Å². The van der Waals surface area contributed by atoms with Crippen LogP contribution in [0.2, 0.25) is 0 Å². The molecule has 1 aromatic heterocycles. The first kappa shape index (κ1) is 19.3. The highest BCUT2D eigenvalue weighted by atomic mass is 16.5. The van der Waals surface area contributed by atoms with Gasteiger partial charge in [0.05, 0.1) is 13.2 Å². The van der Waals surface area contributed by atoms with Crippen LogP contribution in [-0.4, -0.2) is 35.2 Å². The summed E-state index contributed by atoms with van der Waals surface area (Å²) in [5.41, 5.74) is 9.21. The zero-order valence-electron chi connectivity index (χ0n) is 15.5. The topological polar surface area (TPSA) is 114 Å². The normalized spacial score (nSPS) is 12.6. The number of guanidine groups is 1. The monoisotopic (exact) mass is 378 g/mol. The van der Waals surface area contributed by atoms with Crippen LogP contribution in [-0.2, 0) is 0 Å². The van der Waals surface area contributed by atoms with Crippen LogP contribution in [0.15, 0.2) is 70.4 Å². The van der Waals surface area contributed by atoms with Crippen LogP contribution >= 0.6 is 0 Å². The quantitative estimate of drug-likeness (QED) is 0.331. The second-order valence-corrected chi connectivity index (χ2v) is 6.27. The molecular formula is C21H22N4O3. The third-order valence-corrected chi connectivity index (χ3v) is 4.34. The van der Waals surface area contributed by atoms with E-state index in [0.717, 1.165) is 5.56 Å². The number of hydrogen-bond donors (Lipinski definition) is 3. The maximum absolute atomic E-state index is 12.7. The maximum Gasteiger partial charge on any atom is 0.193 e. The number of hydrogen-bond acceptors (Lipinski definition) is 5. The molecule has 1 heterocycles. The molecule has 3 rings (SSSR count). The van der Waals surface area contributed by atoms with E-state index in [2.05, 4.69) is 15.5 Å². The molecule has 28 heavy (non-hydrogen) atoms. The van der Waals surface area contributed by atoms with E-state index < -0.39 is 0 Å². The number of benzene rings is 2. The lowest BCUT2D eigenvalue weighted by molar-refractivity contribution is 0.103. The van der Waals surface area contributed by atoms with E-state index in [-0.39, 0.29) is 30.8 Å². The van der Waals surface area contributed by atoms with Gasteiger partial charge >= 0.3 is 0 Å². The first-order chi connectivity index (χ1) is 13.6. The van der Waals surface area contributed by atoms with E-state index in [1.165, 1.54) is 6.26 Å². The molecule has 0 aliphatic carbocycles. The summed E-state index contributed by atoms with van der Waals surface area (Å²) >= 11 is 0. The number of anilines is 1. The van der Waals surface area contributed by atoms with Crippen LogP contribution in [0, 0.1) is 0 Å². The molecule has 2 aromatic carbocycles. The summed E-state index contributed by atoms with van der Waals surface area (Å²) in [5.74, 6) is -0.0114. The van der Waals surface area contributed by atoms with Gasteiger partial charge in [-0.25, -0.2) is 0 Å². The van der Waals surface area contributed by atoms with Crippen molar-refractivity contribution in [2.75, 3.05) is 18.5 Å². The van der Waals surface area contributed by atoms with Gasteiger partial charge < -0.3 is 20.7 Å². The SMILES string of the molecule is CC(c1cccc(C(=O)c2ccccc2)c1)c1nocc1NC(N)=NCCO. The number of nitrogens with two attached hydrogens (primary N) is 1. The van der Waals surface area contributed by atoms with Gasteiger partial charge in [-0.15, -0.1) is 0 Å². The lowest BCUT2D eigenvalue weighted by Gasteiger charge is -2.13. The molecule has 0 aliphatic heterocycles. The summed E-state index contributed by atoms with van der Waals surface area (Å²) < 4.78 is 5.10. The summed E-state index contributed by atoms with van der Waals surface area (Å²) in [5, 5.41) is 15.8. The van der Waals surface area contributed by atoms with E-state index in [1.54, 1.807) is 18.2 Å².